The van der Waals surface area contributed by atoms with Crippen molar-refractivity contribution in [1.82, 2.24) is 10.2 Å². The molecule has 2 amide bonds. The lowest BCUT2D eigenvalue weighted by atomic mass is 9.78. The van der Waals surface area contributed by atoms with Crippen molar-refractivity contribution in [3.63, 3.8) is 0 Å². The molecule has 0 aliphatic carbocycles. The van der Waals surface area contributed by atoms with E-state index in [9.17, 15) is 27.9 Å². The molecule has 10 heteroatoms. The highest BCUT2D eigenvalue weighted by Gasteiger charge is 2.69. The third-order valence-electron chi connectivity index (χ3n) is 4.57. The van der Waals surface area contributed by atoms with Crippen molar-refractivity contribution in [2.75, 3.05) is 7.05 Å². The number of thiophene rings is 1. The summed E-state index contributed by atoms with van der Waals surface area (Å²) in [5.74, 6) is -3.00. The van der Waals surface area contributed by atoms with Crippen molar-refractivity contribution >= 4 is 34.8 Å². The van der Waals surface area contributed by atoms with Crippen molar-refractivity contribution < 1.29 is 27.9 Å². The summed E-state index contributed by atoms with van der Waals surface area (Å²) in [7, 11) is 0.792. The zero-order valence-electron chi connectivity index (χ0n) is 13.8. The van der Waals surface area contributed by atoms with Gasteiger partial charge in [0.2, 0.25) is 0 Å². The Morgan fingerprint density at radius 2 is 1.96 bits per heavy atom. The van der Waals surface area contributed by atoms with E-state index in [1.54, 1.807) is 6.07 Å². The number of ketones is 1. The number of amides is 2. The summed E-state index contributed by atoms with van der Waals surface area (Å²) in [6, 6.07) is 6.16. The second-order valence-electron chi connectivity index (χ2n) is 6.05. The standard InChI is InChI=1S/C17H14ClF3N2O3S/c1-23-15(25)22-13(9-5-2-3-6-10(9)18)12(16(23,26)17(19,20)21)14(24)11-7-4-8-27-11/h2-8,12-13,26H,1H3,(H,22,25). The summed E-state index contributed by atoms with van der Waals surface area (Å²) in [5, 5.41) is 14.7. The molecule has 2 N–H and O–H groups in total. The number of nitrogens with zero attached hydrogens (tertiary/aromatic N) is 1. The monoisotopic (exact) mass is 418 g/mol. The van der Waals surface area contributed by atoms with E-state index < -0.39 is 35.7 Å². The minimum absolute atomic E-state index is 0.0317. The fraction of sp³-hybridized carbons (Fsp3) is 0.294. The van der Waals surface area contributed by atoms with Gasteiger partial charge in [-0.3, -0.25) is 9.69 Å². The van der Waals surface area contributed by atoms with Gasteiger partial charge in [-0.05, 0) is 23.1 Å². The SMILES string of the molecule is CN1C(=O)NC(c2ccccc2Cl)C(C(=O)c2cccs2)C1(O)C(F)(F)F. The zero-order chi connectivity index (χ0) is 20.0. The number of carbonyl (C=O) groups excluding carboxylic acids is 2. The molecule has 3 unspecified atom stereocenters. The second-order valence-corrected chi connectivity index (χ2v) is 7.41. The number of hydrogen-bond donors (Lipinski definition) is 2. The van der Waals surface area contributed by atoms with Gasteiger partial charge in [0.15, 0.2) is 5.78 Å². The van der Waals surface area contributed by atoms with E-state index >= 15 is 0 Å². The summed E-state index contributed by atoms with van der Waals surface area (Å²) in [5.41, 5.74) is -3.60. The van der Waals surface area contributed by atoms with Crippen LogP contribution in [0.15, 0.2) is 41.8 Å². The van der Waals surface area contributed by atoms with Gasteiger partial charge in [0.1, 0.15) is 5.92 Å². The number of hydrogen-bond acceptors (Lipinski definition) is 4. The van der Waals surface area contributed by atoms with Gasteiger partial charge in [-0.15, -0.1) is 11.3 Å². The molecule has 3 rings (SSSR count). The molecule has 1 fully saturated rings. The smallest absolute Gasteiger partial charge is 0.363 e. The van der Waals surface area contributed by atoms with E-state index in [-0.39, 0.29) is 20.4 Å². The first-order valence-corrected chi connectivity index (χ1v) is 9.00. The third kappa shape index (κ3) is 3.09. The van der Waals surface area contributed by atoms with Crippen LogP contribution in [-0.2, 0) is 0 Å². The molecule has 1 aliphatic rings. The lowest BCUT2D eigenvalue weighted by Crippen LogP contribution is -2.72. The maximum Gasteiger partial charge on any atom is 0.437 e. The van der Waals surface area contributed by atoms with Gasteiger partial charge < -0.3 is 10.4 Å². The Bertz CT molecular complexity index is 875. The first kappa shape index (κ1) is 19.7. The Balaban J connectivity index is 2.23. The van der Waals surface area contributed by atoms with Crippen molar-refractivity contribution in [1.29, 1.82) is 0 Å². The van der Waals surface area contributed by atoms with E-state index in [1.165, 1.54) is 35.7 Å². The molecule has 5 nitrogen and oxygen atoms in total. The summed E-state index contributed by atoms with van der Waals surface area (Å²) < 4.78 is 41.8. The fourth-order valence-corrected chi connectivity index (χ4v) is 4.12. The van der Waals surface area contributed by atoms with Crippen LogP contribution in [0, 0.1) is 5.92 Å². The molecule has 27 heavy (non-hydrogen) atoms. The van der Waals surface area contributed by atoms with E-state index in [1.807, 2.05) is 0 Å². The number of nitrogens with one attached hydrogen (secondary N) is 1. The van der Waals surface area contributed by atoms with Gasteiger partial charge in [-0.2, -0.15) is 13.2 Å². The fourth-order valence-electron chi connectivity index (χ4n) is 3.17. The molecule has 1 aromatic carbocycles. The lowest BCUT2D eigenvalue weighted by molar-refractivity contribution is -0.322. The van der Waals surface area contributed by atoms with Crippen LogP contribution in [0.5, 0.6) is 0 Å². The lowest BCUT2D eigenvalue weighted by Gasteiger charge is -2.49. The Labute approximate surface area is 161 Å². The third-order valence-corrected chi connectivity index (χ3v) is 5.79. The first-order valence-electron chi connectivity index (χ1n) is 7.74. The molecule has 1 aliphatic heterocycles. The molecule has 3 atom stereocenters. The predicted octanol–water partition coefficient (Wildman–Crippen LogP) is 3.85. The Hall–Kier alpha value is -2.10. The van der Waals surface area contributed by atoms with Crippen LogP contribution < -0.4 is 5.32 Å². The van der Waals surface area contributed by atoms with Crippen LogP contribution >= 0.6 is 22.9 Å². The highest BCUT2D eigenvalue weighted by Crippen LogP contribution is 2.48. The number of urea groups is 1. The zero-order valence-corrected chi connectivity index (χ0v) is 15.4. The molecule has 2 aromatic rings. The number of Topliss-reactive ketones (excluding diaryl/α,β-unsaturated/α-hetero) is 1. The van der Waals surface area contributed by atoms with Crippen molar-refractivity contribution in [3.05, 3.63) is 57.2 Å². The summed E-state index contributed by atoms with van der Waals surface area (Å²) in [4.78, 5) is 25.3. The maximum atomic E-state index is 13.9. The van der Waals surface area contributed by atoms with Crippen LogP contribution in [-0.4, -0.2) is 40.8 Å². The molecule has 0 spiro atoms. The molecule has 2 heterocycles. The first-order chi connectivity index (χ1) is 12.6. The molecule has 1 aromatic heterocycles. The largest absolute Gasteiger partial charge is 0.437 e. The Morgan fingerprint density at radius 3 is 2.52 bits per heavy atom. The minimum atomic E-state index is -5.28. The van der Waals surface area contributed by atoms with Crippen LogP contribution in [0.25, 0.3) is 0 Å². The minimum Gasteiger partial charge on any atom is -0.363 e. The van der Waals surface area contributed by atoms with Gasteiger partial charge in [0.05, 0.1) is 10.9 Å². The highest BCUT2D eigenvalue weighted by molar-refractivity contribution is 7.12. The number of alkyl halides is 3. The summed E-state index contributed by atoms with van der Waals surface area (Å²) in [6.07, 6.45) is -5.28. The van der Waals surface area contributed by atoms with E-state index in [0.717, 1.165) is 18.4 Å². The summed E-state index contributed by atoms with van der Waals surface area (Å²) in [6.45, 7) is 0. The van der Waals surface area contributed by atoms with Crippen molar-refractivity contribution in [3.8, 4) is 0 Å². The van der Waals surface area contributed by atoms with E-state index in [4.69, 9.17) is 11.6 Å². The number of aliphatic hydroxyl groups is 1. The maximum absolute atomic E-state index is 13.9. The molecular formula is C17H14ClF3N2O3S. The average molecular weight is 419 g/mol. The topological polar surface area (TPSA) is 69.6 Å². The molecular weight excluding hydrogens is 405 g/mol. The molecule has 0 bridgehead atoms. The van der Waals surface area contributed by atoms with Gasteiger partial charge in [0.25, 0.3) is 5.72 Å². The molecule has 0 radical (unpaired) electrons. The Kier molecular flexibility index (Phi) is 4.96. The summed E-state index contributed by atoms with van der Waals surface area (Å²) >= 11 is 7.05. The number of benzene rings is 1. The predicted molar refractivity (Wildman–Crippen MR) is 93.6 cm³/mol. The van der Waals surface area contributed by atoms with Gasteiger partial charge >= 0.3 is 12.2 Å². The van der Waals surface area contributed by atoms with Crippen LogP contribution in [0.4, 0.5) is 18.0 Å². The van der Waals surface area contributed by atoms with Crippen LogP contribution in [0.3, 0.4) is 0 Å². The average Bonchev–Trinajstić information content (AvgIpc) is 3.13. The van der Waals surface area contributed by atoms with Gasteiger partial charge in [0, 0.05) is 12.1 Å². The second kappa shape index (κ2) is 6.81. The molecule has 0 saturated carbocycles. The van der Waals surface area contributed by atoms with Crippen molar-refractivity contribution in [2.45, 2.75) is 17.9 Å². The van der Waals surface area contributed by atoms with Crippen LogP contribution in [0.1, 0.15) is 21.3 Å². The number of rotatable bonds is 3. The van der Waals surface area contributed by atoms with Crippen molar-refractivity contribution in [2.24, 2.45) is 5.92 Å². The van der Waals surface area contributed by atoms with E-state index in [0.29, 0.717) is 0 Å². The molecule has 1 saturated heterocycles. The van der Waals surface area contributed by atoms with Gasteiger partial charge in [-0.1, -0.05) is 35.9 Å². The molecule has 144 valence electrons. The Morgan fingerprint density at radius 1 is 1.30 bits per heavy atom. The quantitative estimate of drug-likeness (QED) is 0.744. The van der Waals surface area contributed by atoms with Gasteiger partial charge in [-0.25, -0.2) is 4.79 Å². The normalized spacial score (nSPS) is 26.0. The van der Waals surface area contributed by atoms with E-state index in [2.05, 4.69) is 5.32 Å². The number of halogens is 4. The van der Waals surface area contributed by atoms with Crippen LogP contribution in [0.2, 0.25) is 5.02 Å². The highest BCUT2D eigenvalue weighted by atomic mass is 35.5. The number of carbonyl (C=O) groups is 2.